The van der Waals surface area contributed by atoms with Gasteiger partial charge in [0.25, 0.3) is 5.69 Å². The smallest absolute Gasteiger partial charge is 0.258 e. The Morgan fingerprint density at radius 2 is 1.40 bits per heavy atom. The monoisotopic (exact) mass is 339 g/mol. The van der Waals surface area contributed by atoms with Crippen molar-refractivity contribution in [3.05, 3.63) is 74.8 Å². The second-order valence-electron chi connectivity index (χ2n) is 8.18. The third-order valence-electron chi connectivity index (χ3n) is 4.89. The number of rotatable bonds is 6. The Morgan fingerprint density at radius 1 is 0.920 bits per heavy atom. The molecular formula is C22H29NO2. The fourth-order valence-electron chi connectivity index (χ4n) is 3.08. The van der Waals surface area contributed by atoms with Gasteiger partial charge in [-0.25, -0.2) is 0 Å². The van der Waals surface area contributed by atoms with Crippen LogP contribution in [-0.4, -0.2) is 4.92 Å². The van der Waals surface area contributed by atoms with Gasteiger partial charge in [0.2, 0.25) is 0 Å². The average molecular weight is 339 g/mol. The molecule has 0 amide bonds. The number of nitrogens with zero attached hydrogens (tertiary/aromatic N) is 1. The molecule has 134 valence electrons. The zero-order chi connectivity index (χ0) is 18.8. The first kappa shape index (κ1) is 19.2. The van der Waals surface area contributed by atoms with Crippen LogP contribution in [-0.2, 0) is 11.8 Å². The summed E-state index contributed by atoms with van der Waals surface area (Å²) in [4.78, 5) is 10.5. The van der Waals surface area contributed by atoms with Crippen LogP contribution >= 0.6 is 0 Å². The van der Waals surface area contributed by atoms with E-state index in [0.717, 1.165) is 12.0 Å². The number of benzene rings is 2. The van der Waals surface area contributed by atoms with E-state index in [1.165, 1.54) is 16.7 Å². The van der Waals surface area contributed by atoms with E-state index in [2.05, 4.69) is 59.7 Å². The molecule has 0 spiro atoms. The number of non-ortho nitro benzene ring substituents is 1. The largest absolute Gasteiger partial charge is 0.269 e. The lowest BCUT2D eigenvalue weighted by Crippen LogP contribution is -2.21. The van der Waals surface area contributed by atoms with Gasteiger partial charge in [-0.1, -0.05) is 71.9 Å². The number of hydrogen-bond acceptors (Lipinski definition) is 2. The third kappa shape index (κ3) is 4.68. The molecule has 0 radical (unpaired) electrons. The van der Waals surface area contributed by atoms with Gasteiger partial charge in [0, 0.05) is 12.1 Å². The van der Waals surface area contributed by atoms with Crippen LogP contribution in [0.2, 0.25) is 0 Å². The standard InChI is InChI=1S/C22H29NO2/c1-15(2)18-11-19(16(3)4)13-20(12-18)22(5,6)14-17-7-9-21(10-8-17)23(24)25/h7-13,15-16H,14H2,1-6H3. The van der Waals surface area contributed by atoms with Crippen molar-refractivity contribution in [1.82, 2.24) is 0 Å². The highest BCUT2D eigenvalue weighted by molar-refractivity contribution is 5.39. The third-order valence-corrected chi connectivity index (χ3v) is 4.89. The van der Waals surface area contributed by atoms with Gasteiger partial charge in [0.15, 0.2) is 0 Å². The predicted octanol–water partition coefficient (Wildman–Crippen LogP) is 6.36. The van der Waals surface area contributed by atoms with Crippen molar-refractivity contribution in [3.8, 4) is 0 Å². The summed E-state index contributed by atoms with van der Waals surface area (Å²) in [7, 11) is 0. The molecule has 0 saturated carbocycles. The van der Waals surface area contributed by atoms with E-state index in [4.69, 9.17) is 0 Å². The molecule has 3 heteroatoms. The molecule has 0 aliphatic heterocycles. The van der Waals surface area contributed by atoms with Crippen LogP contribution in [0.25, 0.3) is 0 Å². The van der Waals surface area contributed by atoms with Gasteiger partial charge in [-0.05, 0) is 45.9 Å². The van der Waals surface area contributed by atoms with E-state index >= 15 is 0 Å². The van der Waals surface area contributed by atoms with Gasteiger partial charge in [0.05, 0.1) is 4.92 Å². The van der Waals surface area contributed by atoms with Gasteiger partial charge in [-0.2, -0.15) is 0 Å². The highest BCUT2D eigenvalue weighted by atomic mass is 16.6. The van der Waals surface area contributed by atoms with Gasteiger partial charge in [-0.15, -0.1) is 0 Å². The highest BCUT2D eigenvalue weighted by Crippen LogP contribution is 2.33. The summed E-state index contributed by atoms with van der Waals surface area (Å²) in [5.41, 5.74) is 5.31. The lowest BCUT2D eigenvalue weighted by atomic mass is 9.76. The quantitative estimate of drug-likeness (QED) is 0.454. The molecule has 0 atom stereocenters. The molecule has 0 heterocycles. The Balaban J connectivity index is 2.36. The first-order valence-electron chi connectivity index (χ1n) is 8.99. The summed E-state index contributed by atoms with van der Waals surface area (Å²) in [5.74, 6) is 0.986. The summed E-state index contributed by atoms with van der Waals surface area (Å²) in [6.07, 6.45) is 0.851. The number of nitro groups is 1. The molecule has 2 rings (SSSR count). The molecule has 0 N–H and O–H groups in total. The van der Waals surface area contributed by atoms with Crippen molar-refractivity contribution in [2.24, 2.45) is 0 Å². The highest BCUT2D eigenvalue weighted by Gasteiger charge is 2.23. The van der Waals surface area contributed by atoms with E-state index in [1.807, 2.05) is 12.1 Å². The first-order chi connectivity index (χ1) is 11.6. The van der Waals surface area contributed by atoms with Crippen molar-refractivity contribution < 1.29 is 4.92 Å². The molecule has 0 aliphatic rings. The Kier molecular flexibility index (Phi) is 5.66. The predicted molar refractivity (Wildman–Crippen MR) is 104 cm³/mol. The van der Waals surface area contributed by atoms with Crippen molar-refractivity contribution in [1.29, 1.82) is 0 Å². The second-order valence-corrected chi connectivity index (χ2v) is 8.18. The van der Waals surface area contributed by atoms with Crippen molar-refractivity contribution in [2.75, 3.05) is 0 Å². The average Bonchev–Trinajstić information content (AvgIpc) is 2.54. The molecule has 0 unspecified atom stereocenters. The van der Waals surface area contributed by atoms with Crippen molar-refractivity contribution in [2.45, 2.75) is 65.2 Å². The van der Waals surface area contributed by atoms with E-state index < -0.39 is 0 Å². The maximum Gasteiger partial charge on any atom is 0.269 e. The van der Waals surface area contributed by atoms with Crippen LogP contribution < -0.4 is 0 Å². The fraction of sp³-hybridized carbons (Fsp3) is 0.455. The summed E-state index contributed by atoms with van der Waals surface area (Å²) in [6.45, 7) is 13.4. The molecule has 0 aliphatic carbocycles. The maximum absolute atomic E-state index is 10.8. The van der Waals surface area contributed by atoms with Crippen LogP contribution in [0, 0.1) is 10.1 Å². The maximum atomic E-state index is 10.8. The van der Waals surface area contributed by atoms with Crippen LogP contribution in [0.3, 0.4) is 0 Å². The summed E-state index contributed by atoms with van der Waals surface area (Å²) >= 11 is 0. The fourth-order valence-corrected chi connectivity index (χ4v) is 3.08. The molecule has 25 heavy (non-hydrogen) atoms. The summed E-state index contributed by atoms with van der Waals surface area (Å²) in [6, 6.07) is 13.9. The minimum Gasteiger partial charge on any atom is -0.258 e. The molecule has 2 aromatic rings. The lowest BCUT2D eigenvalue weighted by Gasteiger charge is -2.28. The topological polar surface area (TPSA) is 43.1 Å². The molecule has 0 bridgehead atoms. The molecule has 0 aromatic heterocycles. The summed E-state index contributed by atoms with van der Waals surface area (Å²) < 4.78 is 0. The molecule has 3 nitrogen and oxygen atoms in total. The zero-order valence-corrected chi connectivity index (χ0v) is 16.2. The Morgan fingerprint density at radius 3 is 1.80 bits per heavy atom. The van der Waals surface area contributed by atoms with Crippen molar-refractivity contribution >= 4 is 5.69 Å². The number of nitro benzene ring substituents is 1. The van der Waals surface area contributed by atoms with E-state index in [1.54, 1.807) is 12.1 Å². The second kappa shape index (κ2) is 7.38. The lowest BCUT2D eigenvalue weighted by molar-refractivity contribution is -0.384. The normalized spacial score (nSPS) is 12.0. The minimum atomic E-state index is -0.351. The SMILES string of the molecule is CC(C)c1cc(C(C)C)cc(C(C)(C)Cc2ccc([N+](=O)[O-])cc2)c1. The van der Waals surface area contributed by atoms with Gasteiger partial charge >= 0.3 is 0 Å². The first-order valence-corrected chi connectivity index (χ1v) is 8.99. The molecule has 0 fully saturated rings. The number of hydrogen-bond donors (Lipinski definition) is 0. The van der Waals surface area contributed by atoms with Gasteiger partial charge < -0.3 is 0 Å². The summed E-state index contributed by atoms with van der Waals surface area (Å²) in [5, 5.41) is 10.8. The Bertz CT molecular complexity index is 717. The van der Waals surface area contributed by atoms with Crippen LogP contribution in [0.5, 0.6) is 0 Å². The van der Waals surface area contributed by atoms with Crippen LogP contribution in [0.4, 0.5) is 5.69 Å². The Hall–Kier alpha value is -2.16. The van der Waals surface area contributed by atoms with Crippen molar-refractivity contribution in [3.63, 3.8) is 0 Å². The molecular weight excluding hydrogens is 310 g/mol. The Labute approximate surface area is 151 Å². The molecule has 2 aromatic carbocycles. The van der Waals surface area contributed by atoms with Crippen LogP contribution in [0.1, 0.15) is 75.6 Å². The molecule has 0 saturated heterocycles. The van der Waals surface area contributed by atoms with Gasteiger partial charge in [0.1, 0.15) is 0 Å². The zero-order valence-electron chi connectivity index (χ0n) is 16.2. The van der Waals surface area contributed by atoms with Gasteiger partial charge in [-0.3, -0.25) is 10.1 Å². The van der Waals surface area contributed by atoms with Crippen LogP contribution in [0.15, 0.2) is 42.5 Å². The van der Waals surface area contributed by atoms with E-state index in [9.17, 15) is 10.1 Å². The van der Waals surface area contributed by atoms with E-state index in [0.29, 0.717) is 11.8 Å². The van der Waals surface area contributed by atoms with E-state index in [-0.39, 0.29) is 16.0 Å². The minimum absolute atomic E-state index is 0.0370.